The Kier molecular flexibility index (Phi) is 4.11. The van der Waals surface area contributed by atoms with Crippen molar-refractivity contribution in [3.05, 3.63) is 53.7 Å². The molecule has 1 aromatic carbocycles. The number of hydrogen-bond donors (Lipinski definition) is 1. The van der Waals surface area contributed by atoms with Crippen molar-refractivity contribution in [2.45, 2.75) is 10.6 Å². The van der Waals surface area contributed by atoms with Gasteiger partial charge in [-0.05, 0) is 36.4 Å². The highest BCUT2D eigenvalue weighted by atomic mass is 32.2. The number of furan rings is 1. The van der Waals surface area contributed by atoms with Crippen LogP contribution in [0.2, 0.25) is 0 Å². The van der Waals surface area contributed by atoms with Crippen LogP contribution in [-0.4, -0.2) is 17.2 Å². The standard InChI is InChI=1S/C13H12FNO3S/c1-15-13(16)12-7-4-10(18-12)8-19(17)11-5-2-9(14)3-6-11/h2-7H,8H2,1H3,(H,15,16)/t19-/m1/s1. The first-order valence-corrected chi connectivity index (χ1v) is 6.87. The summed E-state index contributed by atoms with van der Waals surface area (Å²) in [6, 6.07) is 8.57. The Morgan fingerprint density at radius 2 is 1.95 bits per heavy atom. The molecule has 1 atom stereocenters. The minimum absolute atomic E-state index is 0.141. The van der Waals surface area contributed by atoms with Crippen LogP contribution in [0.3, 0.4) is 0 Å². The molecule has 1 heterocycles. The van der Waals surface area contributed by atoms with Crippen LogP contribution in [-0.2, 0) is 16.6 Å². The summed E-state index contributed by atoms with van der Waals surface area (Å²) in [7, 11) is 0.165. The third kappa shape index (κ3) is 3.29. The van der Waals surface area contributed by atoms with Crippen molar-refractivity contribution in [2.75, 3.05) is 7.05 Å². The summed E-state index contributed by atoms with van der Waals surface area (Å²) >= 11 is 0. The van der Waals surface area contributed by atoms with Crippen LogP contribution in [0.4, 0.5) is 4.39 Å². The molecular formula is C13H12FNO3S. The lowest BCUT2D eigenvalue weighted by Crippen LogP contribution is -2.16. The summed E-state index contributed by atoms with van der Waals surface area (Å²) < 4.78 is 30.0. The van der Waals surface area contributed by atoms with Gasteiger partial charge in [-0.1, -0.05) is 0 Å². The lowest BCUT2D eigenvalue weighted by Gasteiger charge is -2.00. The number of benzene rings is 1. The minimum Gasteiger partial charge on any atom is -0.455 e. The zero-order valence-corrected chi connectivity index (χ0v) is 11.0. The summed E-state index contributed by atoms with van der Waals surface area (Å²) in [4.78, 5) is 11.8. The SMILES string of the molecule is CNC(=O)c1ccc(C[S@@](=O)c2ccc(F)cc2)o1. The first-order chi connectivity index (χ1) is 9.10. The van der Waals surface area contributed by atoms with E-state index in [0.29, 0.717) is 10.7 Å². The Morgan fingerprint density at radius 3 is 2.58 bits per heavy atom. The van der Waals surface area contributed by atoms with E-state index in [1.54, 1.807) is 6.07 Å². The second kappa shape index (κ2) is 5.79. The monoisotopic (exact) mass is 281 g/mol. The molecule has 0 spiro atoms. The Morgan fingerprint density at radius 1 is 1.26 bits per heavy atom. The first kappa shape index (κ1) is 13.5. The topological polar surface area (TPSA) is 59.3 Å². The number of rotatable bonds is 4. The van der Waals surface area contributed by atoms with Gasteiger partial charge in [-0.15, -0.1) is 0 Å². The van der Waals surface area contributed by atoms with Crippen molar-refractivity contribution >= 4 is 16.7 Å². The molecule has 1 aromatic heterocycles. The van der Waals surface area contributed by atoms with E-state index in [1.807, 2.05) is 0 Å². The third-order valence-electron chi connectivity index (χ3n) is 2.46. The molecule has 0 fully saturated rings. The molecule has 0 saturated heterocycles. The summed E-state index contributed by atoms with van der Waals surface area (Å²) in [5.74, 6) is 0.0529. The van der Waals surface area contributed by atoms with Crippen LogP contribution >= 0.6 is 0 Å². The molecule has 0 radical (unpaired) electrons. The summed E-state index contributed by atoms with van der Waals surface area (Å²) in [6.07, 6.45) is 0. The van der Waals surface area contributed by atoms with Gasteiger partial charge in [-0.25, -0.2) is 4.39 Å². The van der Waals surface area contributed by atoms with Gasteiger partial charge in [0.2, 0.25) is 0 Å². The van der Waals surface area contributed by atoms with Gasteiger partial charge in [0.1, 0.15) is 11.6 Å². The average Bonchev–Trinajstić information content (AvgIpc) is 2.87. The minimum atomic E-state index is -1.34. The van der Waals surface area contributed by atoms with Crippen molar-refractivity contribution in [1.82, 2.24) is 5.32 Å². The largest absolute Gasteiger partial charge is 0.455 e. The summed E-state index contributed by atoms with van der Waals surface area (Å²) in [6.45, 7) is 0. The molecule has 2 aromatic rings. The van der Waals surface area contributed by atoms with Crippen molar-refractivity contribution in [2.24, 2.45) is 0 Å². The fraction of sp³-hybridized carbons (Fsp3) is 0.154. The Bertz CT molecular complexity index is 607. The van der Waals surface area contributed by atoms with E-state index in [0.717, 1.165) is 0 Å². The van der Waals surface area contributed by atoms with E-state index in [4.69, 9.17) is 4.42 Å². The highest BCUT2D eigenvalue weighted by molar-refractivity contribution is 7.84. The quantitative estimate of drug-likeness (QED) is 0.933. The van der Waals surface area contributed by atoms with Crippen molar-refractivity contribution in [1.29, 1.82) is 0 Å². The van der Waals surface area contributed by atoms with Crippen LogP contribution in [0.25, 0.3) is 0 Å². The molecule has 2 rings (SSSR count). The van der Waals surface area contributed by atoms with Gasteiger partial charge in [-0.3, -0.25) is 9.00 Å². The molecule has 6 heteroatoms. The highest BCUT2D eigenvalue weighted by Gasteiger charge is 2.12. The maximum Gasteiger partial charge on any atom is 0.286 e. The van der Waals surface area contributed by atoms with E-state index in [2.05, 4.69) is 5.32 Å². The molecule has 1 amide bonds. The number of nitrogens with one attached hydrogen (secondary N) is 1. The molecule has 1 N–H and O–H groups in total. The van der Waals surface area contributed by atoms with E-state index >= 15 is 0 Å². The summed E-state index contributed by atoms with van der Waals surface area (Å²) in [5.41, 5.74) is 0. The molecule has 0 aliphatic rings. The van der Waals surface area contributed by atoms with Gasteiger partial charge in [0.15, 0.2) is 5.76 Å². The zero-order valence-electron chi connectivity index (χ0n) is 10.2. The molecule has 19 heavy (non-hydrogen) atoms. The van der Waals surface area contributed by atoms with Crippen LogP contribution < -0.4 is 5.32 Å². The van der Waals surface area contributed by atoms with Gasteiger partial charge in [0, 0.05) is 11.9 Å². The fourth-order valence-corrected chi connectivity index (χ4v) is 2.52. The number of amides is 1. The fourth-order valence-electron chi connectivity index (χ4n) is 1.50. The van der Waals surface area contributed by atoms with Crippen molar-refractivity contribution in [3.8, 4) is 0 Å². The van der Waals surface area contributed by atoms with E-state index in [9.17, 15) is 13.4 Å². The molecular weight excluding hydrogens is 269 g/mol. The second-order valence-electron chi connectivity index (χ2n) is 3.79. The van der Waals surface area contributed by atoms with Gasteiger partial charge >= 0.3 is 0 Å². The number of carbonyl (C=O) groups is 1. The lowest BCUT2D eigenvalue weighted by atomic mass is 10.4. The smallest absolute Gasteiger partial charge is 0.286 e. The maximum absolute atomic E-state index is 12.7. The van der Waals surface area contributed by atoms with Crippen LogP contribution in [0.1, 0.15) is 16.3 Å². The maximum atomic E-state index is 12.7. The van der Waals surface area contributed by atoms with Gasteiger partial charge in [0.05, 0.1) is 16.6 Å². The normalized spacial score (nSPS) is 12.1. The molecule has 0 aliphatic carbocycles. The van der Waals surface area contributed by atoms with E-state index in [-0.39, 0.29) is 23.2 Å². The summed E-state index contributed by atoms with van der Waals surface area (Å²) in [5, 5.41) is 2.44. The number of hydrogen-bond acceptors (Lipinski definition) is 3. The van der Waals surface area contributed by atoms with Crippen LogP contribution in [0.5, 0.6) is 0 Å². The number of halogens is 1. The van der Waals surface area contributed by atoms with Crippen LogP contribution in [0, 0.1) is 5.82 Å². The van der Waals surface area contributed by atoms with Crippen molar-refractivity contribution in [3.63, 3.8) is 0 Å². The predicted octanol–water partition coefficient (Wildman–Crippen LogP) is 2.09. The first-order valence-electron chi connectivity index (χ1n) is 5.55. The Labute approximate surface area is 112 Å². The van der Waals surface area contributed by atoms with E-state index < -0.39 is 10.8 Å². The highest BCUT2D eigenvalue weighted by Crippen LogP contribution is 2.15. The van der Waals surface area contributed by atoms with Gasteiger partial charge in [-0.2, -0.15) is 0 Å². The molecule has 100 valence electrons. The molecule has 0 saturated carbocycles. The van der Waals surface area contributed by atoms with Crippen LogP contribution in [0.15, 0.2) is 45.7 Å². The third-order valence-corrected chi connectivity index (χ3v) is 3.81. The number of carbonyl (C=O) groups excluding carboxylic acids is 1. The van der Waals surface area contributed by atoms with Crippen molar-refractivity contribution < 1.29 is 17.8 Å². The lowest BCUT2D eigenvalue weighted by molar-refractivity contribution is 0.0934. The average molecular weight is 281 g/mol. The van der Waals surface area contributed by atoms with Gasteiger partial charge < -0.3 is 9.73 Å². The van der Waals surface area contributed by atoms with Gasteiger partial charge in [0.25, 0.3) is 5.91 Å². The zero-order chi connectivity index (χ0) is 13.8. The molecule has 0 unspecified atom stereocenters. The molecule has 4 nitrogen and oxygen atoms in total. The predicted molar refractivity (Wildman–Crippen MR) is 68.6 cm³/mol. The van der Waals surface area contributed by atoms with E-state index in [1.165, 1.54) is 37.4 Å². The molecule has 0 aliphatic heterocycles. The second-order valence-corrected chi connectivity index (χ2v) is 5.24. The Hall–Kier alpha value is -1.95. The Balaban J connectivity index is 2.08. The molecule has 0 bridgehead atoms.